The topological polar surface area (TPSA) is 75.3 Å². The summed E-state index contributed by atoms with van der Waals surface area (Å²) in [5.41, 5.74) is 1.19. The maximum atomic E-state index is 12.5. The van der Waals surface area contributed by atoms with Crippen molar-refractivity contribution in [2.24, 2.45) is 0 Å². The number of nitrogens with one attached hydrogen (secondary N) is 2. The Bertz CT molecular complexity index is 746. The number of anilines is 2. The molecule has 0 fully saturated rings. The van der Waals surface area contributed by atoms with E-state index < -0.39 is 16.0 Å². The molecule has 2 aromatic carbocycles. The van der Waals surface area contributed by atoms with Crippen molar-refractivity contribution in [1.82, 2.24) is 0 Å². The van der Waals surface area contributed by atoms with Crippen LogP contribution in [0, 0.1) is 0 Å². The van der Waals surface area contributed by atoms with Gasteiger partial charge < -0.3 is 10.6 Å². The first kappa shape index (κ1) is 14.5. The molecule has 0 unspecified atom stereocenters. The van der Waals surface area contributed by atoms with E-state index in [9.17, 15) is 13.8 Å². The summed E-state index contributed by atoms with van der Waals surface area (Å²) in [6.07, 6.45) is -0.123. The summed E-state index contributed by atoms with van der Waals surface area (Å²) in [5.74, 6) is -0.723. The fraction of sp³-hybridized carbons (Fsp3) is 0.125. The van der Waals surface area contributed by atoms with Crippen LogP contribution in [0.15, 0.2) is 59.5 Å². The van der Waals surface area contributed by atoms with Crippen LogP contribution in [-0.2, 0) is 20.4 Å². The SMILES string of the molecule is O=C(C[C@@H]1C(=O)Nc2ccccc2[S@@]1=O)Nc1ccccc1. The smallest absolute Gasteiger partial charge is 0.241 e. The van der Waals surface area contributed by atoms with Gasteiger partial charge >= 0.3 is 0 Å². The molecule has 22 heavy (non-hydrogen) atoms. The number of hydrogen-bond acceptors (Lipinski definition) is 3. The van der Waals surface area contributed by atoms with Crippen LogP contribution < -0.4 is 10.6 Å². The highest BCUT2D eigenvalue weighted by atomic mass is 32.2. The number of fused-ring (bicyclic) bond motifs is 1. The van der Waals surface area contributed by atoms with Crippen LogP contribution in [0.4, 0.5) is 11.4 Å². The molecular formula is C16H14N2O3S. The van der Waals surface area contributed by atoms with E-state index in [0.29, 0.717) is 16.3 Å². The van der Waals surface area contributed by atoms with Crippen molar-refractivity contribution in [3.63, 3.8) is 0 Å². The lowest BCUT2D eigenvalue weighted by Gasteiger charge is -2.23. The van der Waals surface area contributed by atoms with Gasteiger partial charge in [0.2, 0.25) is 11.8 Å². The van der Waals surface area contributed by atoms with Gasteiger partial charge in [-0.1, -0.05) is 30.3 Å². The predicted octanol–water partition coefficient (Wildman–Crippen LogP) is 2.14. The Hall–Kier alpha value is -2.47. The van der Waals surface area contributed by atoms with Gasteiger partial charge in [-0.3, -0.25) is 13.8 Å². The first-order valence-corrected chi connectivity index (χ1v) is 8.02. The maximum absolute atomic E-state index is 12.5. The number of hydrogen-bond donors (Lipinski definition) is 2. The summed E-state index contributed by atoms with van der Waals surface area (Å²) in [4.78, 5) is 24.7. The number of para-hydroxylation sites is 2. The lowest BCUT2D eigenvalue weighted by Crippen LogP contribution is -2.39. The molecule has 6 heteroatoms. The molecule has 0 aliphatic carbocycles. The quantitative estimate of drug-likeness (QED) is 0.911. The molecule has 0 spiro atoms. The van der Waals surface area contributed by atoms with E-state index in [-0.39, 0.29) is 18.2 Å². The van der Waals surface area contributed by atoms with Gasteiger partial charge in [-0.15, -0.1) is 0 Å². The van der Waals surface area contributed by atoms with Crippen LogP contribution >= 0.6 is 0 Å². The summed E-state index contributed by atoms with van der Waals surface area (Å²) in [6, 6.07) is 15.9. The Morgan fingerprint density at radius 2 is 1.77 bits per heavy atom. The molecule has 2 amide bonds. The van der Waals surface area contributed by atoms with E-state index in [1.807, 2.05) is 6.07 Å². The van der Waals surface area contributed by atoms with Crippen molar-refractivity contribution in [2.45, 2.75) is 16.6 Å². The fourth-order valence-electron chi connectivity index (χ4n) is 2.28. The molecule has 0 aromatic heterocycles. The monoisotopic (exact) mass is 314 g/mol. The molecule has 1 aliphatic heterocycles. The maximum Gasteiger partial charge on any atom is 0.241 e. The minimum atomic E-state index is -1.53. The lowest BCUT2D eigenvalue weighted by atomic mass is 10.2. The molecule has 0 bridgehead atoms. The van der Waals surface area contributed by atoms with Gasteiger partial charge in [-0.25, -0.2) is 0 Å². The van der Waals surface area contributed by atoms with E-state index in [1.54, 1.807) is 48.5 Å². The summed E-state index contributed by atoms with van der Waals surface area (Å²) in [7, 11) is -1.53. The first-order valence-electron chi connectivity index (χ1n) is 6.80. The van der Waals surface area contributed by atoms with Crippen molar-refractivity contribution < 1.29 is 13.8 Å². The van der Waals surface area contributed by atoms with Crippen molar-refractivity contribution >= 4 is 34.0 Å². The van der Waals surface area contributed by atoms with Gasteiger partial charge in [-0.2, -0.15) is 0 Å². The van der Waals surface area contributed by atoms with Gasteiger partial charge in [0.05, 0.1) is 27.8 Å². The zero-order valence-electron chi connectivity index (χ0n) is 11.6. The Morgan fingerprint density at radius 3 is 2.55 bits per heavy atom. The first-order chi connectivity index (χ1) is 10.6. The van der Waals surface area contributed by atoms with Gasteiger partial charge in [0.15, 0.2) is 0 Å². The Morgan fingerprint density at radius 1 is 1.09 bits per heavy atom. The van der Waals surface area contributed by atoms with E-state index >= 15 is 0 Å². The molecule has 0 saturated heterocycles. The lowest BCUT2D eigenvalue weighted by molar-refractivity contribution is -0.120. The van der Waals surface area contributed by atoms with E-state index in [1.165, 1.54) is 0 Å². The molecule has 0 saturated carbocycles. The molecule has 2 N–H and O–H groups in total. The van der Waals surface area contributed by atoms with Crippen molar-refractivity contribution in [2.75, 3.05) is 10.6 Å². The van der Waals surface area contributed by atoms with Crippen molar-refractivity contribution in [3.8, 4) is 0 Å². The Labute approximate surface area is 130 Å². The minimum Gasteiger partial charge on any atom is -0.326 e. The van der Waals surface area contributed by atoms with Gasteiger partial charge in [0.25, 0.3) is 0 Å². The van der Waals surface area contributed by atoms with Crippen LogP contribution in [0.1, 0.15) is 6.42 Å². The summed E-state index contributed by atoms with van der Waals surface area (Å²) < 4.78 is 12.5. The van der Waals surface area contributed by atoms with Crippen molar-refractivity contribution in [3.05, 3.63) is 54.6 Å². The average Bonchev–Trinajstić information content (AvgIpc) is 2.52. The number of carbonyl (C=O) groups excluding carboxylic acids is 2. The summed E-state index contributed by atoms with van der Waals surface area (Å²) >= 11 is 0. The van der Waals surface area contributed by atoms with E-state index in [4.69, 9.17) is 0 Å². The predicted molar refractivity (Wildman–Crippen MR) is 85.0 cm³/mol. The molecule has 3 rings (SSSR count). The molecule has 1 heterocycles. The normalized spacial score (nSPS) is 19.9. The third-order valence-corrected chi connectivity index (χ3v) is 5.03. The fourth-order valence-corrected chi connectivity index (χ4v) is 3.69. The number of carbonyl (C=O) groups is 2. The second-order valence-electron chi connectivity index (χ2n) is 4.89. The van der Waals surface area contributed by atoms with Gasteiger partial charge in [0, 0.05) is 5.69 Å². The third-order valence-electron chi connectivity index (χ3n) is 3.34. The molecule has 0 radical (unpaired) electrons. The molecule has 1 aliphatic rings. The standard InChI is InChI=1S/C16H14N2O3S/c19-15(17-11-6-2-1-3-7-11)10-14-16(20)18-12-8-4-5-9-13(12)22(14)21/h1-9,14H,10H2,(H,17,19)(H,18,20)/t14-,22+/m1/s1. The number of benzene rings is 2. The third kappa shape index (κ3) is 2.92. The highest BCUT2D eigenvalue weighted by Gasteiger charge is 2.34. The summed E-state index contributed by atoms with van der Waals surface area (Å²) in [5, 5.41) is 4.52. The highest BCUT2D eigenvalue weighted by molar-refractivity contribution is 7.86. The second-order valence-corrected chi connectivity index (χ2v) is 6.49. The van der Waals surface area contributed by atoms with Crippen LogP contribution in [0.2, 0.25) is 0 Å². The van der Waals surface area contributed by atoms with Crippen LogP contribution in [-0.4, -0.2) is 21.3 Å². The zero-order valence-corrected chi connectivity index (χ0v) is 12.4. The average molecular weight is 314 g/mol. The zero-order chi connectivity index (χ0) is 15.5. The van der Waals surface area contributed by atoms with Crippen LogP contribution in [0.5, 0.6) is 0 Å². The minimum absolute atomic E-state index is 0.123. The summed E-state index contributed by atoms with van der Waals surface area (Å²) in [6.45, 7) is 0. The Kier molecular flexibility index (Phi) is 4.02. The largest absolute Gasteiger partial charge is 0.326 e. The molecule has 2 aromatic rings. The molecule has 2 atom stereocenters. The van der Waals surface area contributed by atoms with E-state index in [0.717, 1.165) is 0 Å². The van der Waals surface area contributed by atoms with Crippen LogP contribution in [0.25, 0.3) is 0 Å². The van der Waals surface area contributed by atoms with Gasteiger partial charge in [-0.05, 0) is 24.3 Å². The molecule has 112 valence electrons. The Balaban J connectivity index is 1.74. The van der Waals surface area contributed by atoms with Gasteiger partial charge in [0.1, 0.15) is 5.25 Å². The molecule has 5 nitrogen and oxygen atoms in total. The number of amides is 2. The highest BCUT2D eigenvalue weighted by Crippen LogP contribution is 2.28. The van der Waals surface area contributed by atoms with E-state index in [2.05, 4.69) is 10.6 Å². The van der Waals surface area contributed by atoms with Crippen LogP contribution in [0.3, 0.4) is 0 Å². The molecular weight excluding hydrogens is 300 g/mol. The number of rotatable bonds is 3. The van der Waals surface area contributed by atoms with Crippen molar-refractivity contribution in [1.29, 1.82) is 0 Å². The second kappa shape index (κ2) is 6.11.